The molecule has 17 heavy (non-hydrogen) atoms. The highest BCUT2D eigenvalue weighted by atomic mass is 32.1. The van der Waals surface area contributed by atoms with Gasteiger partial charge in [-0.25, -0.2) is 5.84 Å². The van der Waals surface area contributed by atoms with Crippen LogP contribution in [0, 0.1) is 0 Å². The Morgan fingerprint density at radius 2 is 2.06 bits per heavy atom. The lowest BCUT2D eigenvalue weighted by Crippen LogP contribution is -2.53. The third-order valence-electron chi connectivity index (χ3n) is 3.17. The zero-order valence-corrected chi connectivity index (χ0v) is 10.9. The van der Waals surface area contributed by atoms with Crippen LogP contribution in [0.3, 0.4) is 0 Å². The Labute approximate surface area is 107 Å². The van der Waals surface area contributed by atoms with Gasteiger partial charge in [0.15, 0.2) is 5.11 Å². The van der Waals surface area contributed by atoms with Gasteiger partial charge in [0.2, 0.25) is 0 Å². The van der Waals surface area contributed by atoms with Gasteiger partial charge in [0.05, 0.1) is 0 Å². The standard InChI is InChI=1S/C11H19N5S/c1-14-5-3-2-4-10(14)15-6-8-16(9-7-15)11(17)13-12/h2-4H,5-9,12H2,1H3,(H,13,17). The molecule has 1 fully saturated rings. The molecule has 5 nitrogen and oxygen atoms in total. The highest BCUT2D eigenvalue weighted by Crippen LogP contribution is 2.15. The average molecular weight is 253 g/mol. The van der Waals surface area contributed by atoms with Crippen molar-refractivity contribution < 1.29 is 0 Å². The van der Waals surface area contributed by atoms with Gasteiger partial charge < -0.3 is 20.1 Å². The molecule has 0 aromatic carbocycles. The van der Waals surface area contributed by atoms with Crippen molar-refractivity contribution in [2.75, 3.05) is 39.8 Å². The van der Waals surface area contributed by atoms with Crippen molar-refractivity contribution in [3.8, 4) is 0 Å². The molecule has 0 radical (unpaired) electrons. The molecule has 0 unspecified atom stereocenters. The summed E-state index contributed by atoms with van der Waals surface area (Å²) in [6.45, 7) is 4.77. The SMILES string of the molecule is CN1CC=CC=C1N1CCN(C(=S)NN)CC1. The summed E-state index contributed by atoms with van der Waals surface area (Å²) in [5.41, 5.74) is 2.54. The van der Waals surface area contributed by atoms with E-state index in [1.165, 1.54) is 5.82 Å². The fourth-order valence-corrected chi connectivity index (χ4v) is 2.35. The average Bonchev–Trinajstić information content (AvgIpc) is 2.39. The number of allylic oxidation sites excluding steroid dienone is 2. The summed E-state index contributed by atoms with van der Waals surface area (Å²) < 4.78 is 0. The molecular formula is C11H19N5S. The third-order valence-corrected chi connectivity index (χ3v) is 3.54. The van der Waals surface area contributed by atoms with Crippen LogP contribution >= 0.6 is 12.2 Å². The zero-order valence-electron chi connectivity index (χ0n) is 10.1. The number of piperazine rings is 1. The molecule has 94 valence electrons. The van der Waals surface area contributed by atoms with Gasteiger partial charge in [-0.1, -0.05) is 12.2 Å². The number of rotatable bonds is 1. The van der Waals surface area contributed by atoms with Crippen LogP contribution in [0.25, 0.3) is 0 Å². The van der Waals surface area contributed by atoms with Gasteiger partial charge in [-0.15, -0.1) is 0 Å². The van der Waals surface area contributed by atoms with Gasteiger partial charge in [-0.2, -0.15) is 0 Å². The summed E-state index contributed by atoms with van der Waals surface area (Å²) in [6.07, 6.45) is 6.44. The molecule has 0 bridgehead atoms. The van der Waals surface area contributed by atoms with E-state index in [1.807, 2.05) is 0 Å². The molecule has 2 rings (SSSR count). The van der Waals surface area contributed by atoms with Crippen LogP contribution in [-0.4, -0.2) is 59.6 Å². The molecule has 0 spiro atoms. The van der Waals surface area contributed by atoms with Gasteiger partial charge in [0.25, 0.3) is 0 Å². The van der Waals surface area contributed by atoms with E-state index in [-0.39, 0.29) is 0 Å². The van der Waals surface area contributed by atoms with Gasteiger partial charge in [-0.3, -0.25) is 0 Å². The Morgan fingerprint density at radius 1 is 1.35 bits per heavy atom. The summed E-state index contributed by atoms with van der Waals surface area (Å²) in [5.74, 6) is 6.62. The minimum atomic E-state index is 0.635. The second-order valence-corrected chi connectivity index (χ2v) is 4.64. The fraction of sp³-hybridized carbons (Fsp3) is 0.545. The predicted molar refractivity (Wildman–Crippen MR) is 72.9 cm³/mol. The monoisotopic (exact) mass is 253 g/mol. The number of hydrogen-bond donors (Lipinski definition) is 2. The first kappa shape index (κ1) is 12.2. The number of likely N-dealkylation sites (N-methyl/N-ethyl adjacent to an activating group) is 1. The van der Waals surface area contributed by atoms with E-state index in [0.29, 0.717) is 5.11 Å². The van der Waals surface area contributed by atoms with Gasteiger partial charge >= 0.3 is 0 Å². The van der Waals surface area contributed by atoms with Gasteiger partial charge in [-0.05, 0) is 18.3 Å². The highest BCUT2D eigenvalue weighted by Gasteiger charge is 2.21. The van der Waals surface area contributed by atoms with Crippen molar-refractivity contribution in [2.45, 2.75) is 0 Å². The molecule has 0 aromatic heterocycles. The van der Waals surface area contributed by atoms with Crippen LogP contribution in [0.1, 0.15) is 0 Å². The van der Waals surface area contributed by atoms with E-state index < -0.39 is 0 Å². The highest BCUT2D eigenvalue weighted by molar-refractivity contribution is 7.80. The lowest BCUT2D eigenvalue weighted by molar-refractivity contribution is 0.174. The van der Waals surface area contributed by atoms with E-state index in [0.717, 1.165) is 32.7 Å². The maximum absolute atomic E-state index is 5.33. The minimum Gasteiger partial charge on any atom is -0.358 e. The Bertz CT molecular complexity index is 344. The van der Waals surface area contributed by atoms with Crippen LogP contribution < -0.4 is 11.3 Å². The molecule has 0 aromatic rings. The number of thiocarbonyl (C=S) groups is 1. The molecule has 2 heterocycles. The second kappa shape index (κ2) is 5.37. The molecule has 0 aliphatic carbocycles. The van der Waals surface area contributed by atoms with Crippen molar-refractivity contribution >= 4 is 17.3 Å². The summed E-state index contributed by atoms with van der Waals surface area (Å²) in [4.78, 5) is 6.75. The Balaban J connectivity index is 1.93. The first-order chi connectivity index (χ1) is 8.22. The summed E-state index contributed by atoms with van der Waals surface area (Å²) >= 11 is 5.13. The Hall–Kier alpha value is -1.27. The van der Waals surface area contributed by atoms with Crippen molar-refractivity contribution in [3.05, 3.63) is 24.0 Å². The first-order valence-corrected chi connectivity index (χ1v) is 6.21. The van der Waals surface area contributed by atoms with E-state index in [9.17, 15) is 0 Å². The lowest BCUT2D eigenvalue weighted by atomic mass is 10.2. The Morgan fingerprint density at radius 3 is 2.65 bits per heavy atom. The largest absolute Gasteiger partial charge is 0.358 e. The minimum absolute atomic E-state index is 0.635. The molecule has 2 aliphatic rings. The maximum atomic E-state index is 5.33. The smallest absolute Gasteiger partial charge is 0.183 e. The topological polar surface area (TPSA) is 47.8 Å². The molecule has 1 saturated heterocycles. The molecule has 0 amide bonds. The lowest BCUT2D eigenvalue weighted by Gasteiger charge is -2.41. The van der Waals surface area contributed by atoms with Crippen LogP contribution in [0.5, 0.6) is 0 Å². The van der Waals surface area contributed by atoms with Crippen LogP contribution in [0.2, 0.25) is 0 Å². The van der Waals surface area contributed by atoms with Crippen molar-refractivity contribution in [1.82, 2.24) is 20.1 Å². The van der Waals surface area contributed by atoms with Crippen molar-refractivity contribution in [3.63, 3.8) is 0 Å². The first-order valence-electron chi connectivity index (χ1n) is 5.81. The third kappa shape index (κ3) is 2.70. The van der Waals surface area contributed by atoms with Gasteiger partial charge in [0.1, 0.15) is 5.82 Å². The Kier molecular flexibility index (Phi) is 3.86. The van der Waals surface area contributed by atoms with Crippen molar-refractivity contribution in [2.24, 2.45) is 5.84 Å². The number of nitrogens with two attached hydrogens (primary N) is 1. The van der Waals surface area contributed by atoms with Crippen LogP contribution in [0.15, 0.2) is 24.0 Å². The second-order valence-electron chi connectivity index (χ2n) is 4.26. The van der Waals surface area contributed by atoms with Crippen LogP contribution in [-0.2, 0) is 0 Å². The molecular weight excluding hydrogens is 234 g/mol. The van der Waals surface area contributed by atoms with E-state index in [2.05, 4.69) is 45.4 Å². The zero-order chi connectivity index (χ0) is 12.3. The summed E-state index contributed by atoms with van der Waals surface area (Å²) in [5, 5.41) is 0.635. The molecule has 0 saturated carbocycles. The fourth-order valence-electron chi connectivity index (χ4n) is 2.17. The number of nitrogens with one attached hydrogen (secondary N) is 1. The number of nitrogens with zero attached hydrogens (tertiary/aromatic N) is 3. The van der Waals surface area contributed by atoms with Gasteiger partial charge in [0, 0.05) is 39.8 Å². The van der Waals surface area contributed by atoms with E-state index in [1.54, 1.807) is 0 Å². The summed E-state index contributed by atoms with van der Waals surface area (Å²) in [7, 11) is 2.12. The van der Waals surface area contributed by atoms with E-state index >= 15 is 0 Å². The molecule has 2 aliphatic heterocycles. The maximum Gasteiger partial charge on any atom is 0.183 e. The number of hydrazine groups is 1. The normalized spacial score (nSPS) is 20.4. The quantitative estimate of drug-likeness (QED) is 0.380. The molecule has 3 N–H and O–H groups in total. The molecule has 6 heteroatoms. The van der Waals surface area contributed by atoms with Crippen LogP contribution in [0.4, 0.5) is 0 Å². The van der Waals surface area contributed by atoms with Crippen molar-refractivity contribution in [1.29, 1.82) is 0 Å². The predicted octanol–water partition coefficient (Wildman–Crippen LogP) is -0.305. The number of hydrogen-bond acceptors (Lipinski definition) is 4. The molecule has 0 atom stereocenters. The van der Waals surface area contributed by atoms with E-state index in [4.69, 9.17) is 18.1 Å². The summed E-state index contributed by atoms with van der Waals surface area (Å²) in [6, 6.07) is 0.